The first-order valence-electron chi connectivity index (χ1n) is 7.61. The molecule has 2 aromatic rings. The van der Waals surface area contributed by atoms with Crippen LogP contribution in [0.5, 0.6) is 5.75 Å². The van der Waals surface area contributed by atoms with Crippen LogP contribution in [0.4, 0.5) is 4.79 Å². The first kappa shape index (κ1) is 18.2. The number of carboxylic acid groups (broad SMARTS) is 1. The fraction of sp³-hybridized carbons (Fsp3) is 0.412. The zero-order valence-corrected chi connectivity index (χ0v) is 14.9. The number of nitrogens with one attached hydrogen (secondary N) is 1. The van der Waals surface area contributed by atoms with E-state index in [-0.39, 0.29) is 0 Å². The number of thiazole rings is 1. The Morgan fingerprint density at radius 2 is 2.00 bits per heavy atom. The van der Waals surface area contributed by atoms with Crippen molar-refractivity contribution in [3.8, 4) is 16.3 Å². The van der Waals surface area contributed by atoms with Crippen molar-refractivity contribution >= 4 is 17.4 Å². The molecule has 0 radical (unpaired) electrons. The molecule has 1 aromatic heterocycles. The third-order valence-electron chi connectivity index (χ3n) is 3.43. The van der Waals surface area contributed by atoms with E-state index in [9.17, 15) is 4.79 Å². The van der Waals surface area contributed by atoms with Gasteiger partial charge in [0.1, 0.15) is 10.8 Å². The van der Waals surface area contributed by atoms with Gasteiger partial charge in [0.15, 0.2) is 0 Å². The highest BCUT2D eigenvalue weighted by Crippen LogP contribution is 2.29. The van der Waals surface area contributed by atoms with E-state index in [1.54, 1.807) is 21.0 Å². The summed E-state index contributed by atoms with van der Waals surface area (Å²) in [5.41, 5.74) is 0.941. The maximum atomic E-state index is 10.9. The van der Waals surface area contributed by atoms with Gasteiger partial charge in [0.2, 0.25) is 0 Å². The standard InChI is InChI=1S/C17H22N2O4S/c1-17(2,19-16(20)21)14-11-24-15(18-14)12-5-7-13(8-6-12)23-10-4-9-22-3/h5-8,11,19H,4,9-10H2,1-3H3,(H,20,21). The monoisotopic (exact) mass is 350 g/mol. The van der Waals surface area contributed by atoms with Crippen molar-refractivity contribution in [3.63, 3.8) is 0 Å². The third-order valence-corrected chi connectivity index (χ3v) is 4.32. The van der Waals surface area contributed by atoms with E-state index in [1.165, 1.54) is 11.3 Å². The minimum absolute atomic E-state index is 0.615. The third kappa shape index (κ3) is 4.94. The fourth-order valence-electron chi connectivity index (χ4n) is 2.11. The predicted octanol–water partition coefficient (Wildman–Crippen LogP) is 3.73. The molecule has 0 aliphatic heterocycles. The molecule has 0 aliphatic rings. The van der Waals surface area contributed by atoms with E-state index in [1.807, 2.05) is 29.6 Å². The van der Waals surface area contributed by atoms with Crippen molar-refractivity contribution in [3.05, 3.63) is 35.3 Å². The molecule has 24 heavy (non-hydrogen) atoms. The lowest BCUT2D eigenvalue weighted by atomic mass is 10.0. The van der Waals surface area contributed by atoms with E-state index in [0.717, 1.165) is 22.7 Å². The maximum Gasteiger partial charge on any atom is 0.405 e. The number of carbonyl (C=O) groups is 1. The van der Waals surface area contributed by atoms with Crippen LogP contribution in [0.2, 0.25) is 0 Å². The summed E-state index contributed by atoms with van der Waals surface area (Å²) in [5.74, 6) is 0.805. The summed E-state index contributed by atoms with van der Waals surface area (Å²) in [5, 5.41) is 14.1. The molecule has 2 rings (SSSR count). The lowest BCUT2D eigenvalue weighted by molar-refractivity contribution is 0.172. The molecule has 0 unspecified atom stereocenters. The van der Waals surface area contributed by atoms with Crippen LogP contribution in [0, 0.1) is 0 Å². The molecule has 1 amide bonds. The van der Waals surface area contributed by atoms with Crippen molar-refractivity contribution in [1.29, 1.82) is 0 Å². The van der Waals surface area contributed by atoms with Crippen molar-refractivity contribution in [1.82, 2.24) is 10.3 Å². The van der Waals surface area contributed by atoms with Crippen LogP contribution < -0.4 is 10.1 Å². The molecule has 0 saturated carbocycles. The van der Waals surface area contributed by atoms with Crippen LogP contribution in [0.1, 0.15) is 26.0 Å². The van der Waals surface area contributed by atoms with Crippen molar-refractivity contribution in [2.75, 3.05) is 20.3 Å². The average Bonchev–Trinajstić information content (AvgIpc) is 3.02. The lowest BCUT2D eigenvalue weighted by Gasteiger charge is -2.22. The van der Waals surface area contributed by atoms with Gasteiger partial charge in [-0.25, -0.2) is 9.78 Å². The summed E-state index contributed by atoms with van der Waals surface area (Å²) in [7, 11) is 1.67. The molecule has 0 fully saturated rings. The van der Waals surface area contributed by atoms with Crippen molar-refractivity contribution < 1.29 is 19.4 Å². The molecule has 0 atom stereocenters. The topological polar surface area (TPSA) is 80.7 Å². The summed E-state index contributed by atoms with van der Waals surface area (Å²) in [4.78, 5) is 15.4. The second-order valence-electron chi connectivity index (χ2n) is 5.81. The zero-order chi connectivity index (χ0) is 17.6. The lowest BCUT2D eigenvalue weighted by Crippen LogP contribution is -2.40. The van der Waals surface area contributed by atoms with E-state index in [4.69, 9.17) is 14.6 Å². The Hall–Kier alpha value is -2.12. The Morgan fingerprint density at radius 1 is 1.29 bits per heavy atom. The van der Waals surface area contributed by atoms with Crippen LogP contribution in [0.25, 0.3) is 10.6 Å². The van der Waals surface area contributed by atoms with Crippen molar-refractivity contribution in [2.45, 2.75) is 25.8 Å². The predicted molar refractivity (Wildman–Crippen MR) is 93.7 cm³/mol. The molecule has 1 aromatic carbocycles. The summed E-state index contributed by atoms with van der Waals surface area (Å²) < 4.78 is 10.6. The number of aromatic nitrogens is 1. The number of rotatable bonds is 8. The Kier molecular flexibility index (Phi) is 6.16. The summed E-state index contributed by atoms with van der Waals surface area (Å²) in [6.45, 7) is 4.87. The Morgan fingerprint density at radius 3 is 2.62 bits per heavy atom. The minimum Gasteiger partial charge on any atom is -0.494 e. The molecule has 0 bridgehead atoms. The fourth-order valence-corrected chi connectivity index (χ4v) is 3.11. The van der Waals surface area contributed by atoms with Gasteiger partial charge in [-0.15, -0.1) is 11.3 Å². The van der Waals surface area contributed by atoms with Gasteiger partial charge in [-0.3, -0.25) is 0 Å². The summed E-state index contributed by atoms with van der Waals surface area (Å²) in [6, 6.07) is 7.71. The Labute approximate surface area is 145 Å². The van der Waals surface area contributed by atoms with Gasteiger partial charge in [0, 0.05) is 31.1 Å². The van der Waals surface area contributed by atoms with Crippen LogP contribution in [-0.2, 0) is 10.3 Å². The molecule has 0 spiro atoms. The molecule has 2 N–H and O–H groups in total. The van der Waals surface area contributed by atoms with Crippen LogP contribution in [0.15, 0.2) is 29.6 Å². The van der Waals surface area contributed by atoms with Crippen LogP contribution >= 0.6 is 11.3 Å². The number of hydrogen-bond acceptors (Lipinski definition) is 5. The van der Waals surface area contributed by atoms with E-state index < -0.39 is 11.6 Å². The largest absolute Gasteiger partial charge is 0.494 e. The number of amides is 1. The van der Waals surface area contributed by atoms with Gasteiger partial charge in [-0.1, -0.05) is 0 Å². The molecule has 0 saturated heterocycles. The van der Waals surface area contributed by atoms with Crippen molar-refractivity contribution in [2.24, 2.45) is 0 Å². The van der Waals surface area contributed by atoms with Gasteiger partial charge in [-0.05, 0) is 38.1 Å². The zero-order valence-electron chi connectivity index (χ0n) is 14.0. The van der Waals surface area contributed by atoms with Gasteiger partial charge in [0.05, 0.1) is 17.8 Å². The normalized spacial score (nSPS) is 11.3. The number of methoxy groups -OCH3 is 1. The molecule has 6 nitrogen and oxygen atoms in total. The SMILES string of the molecule is COCCCOc1ccc(-c2nc(C(C)(C)NC(=O)O)cs2)cc1. The van der Waals surface area contributed by atoms with E-state index in [2.05, 4.69) is 10.3 Å². The maximum absolute atomic E-state index is 10.9. The minimum atomic E-state index is -1.07. The average molecular weight is 350 g/mol. The first-order valence-corrected chi connectivity index (χ1v) is 8.49. The Bertz CT molecular complexity index is 667. The number of nitrogens with zero attached hydrogens (tertiary/aromatic N) is 1. The first-order chi connectivity index (χ1) is 11.4. The Balaban J connectivity index is 2.03. The van der Waals surface area contributed by atoms with E-state index in [0.29, 0.717) is 18.9 Å². The van der Waals surface area contributed by atoms with Crippen LogP contribution in [-0.4, -0.2) is 36.5 Å². The summed E-state index contributed by atoms with van der Waals surface area (Å²) >= 11 is 1.49. The van der Waals surface area contributed by atoms with Crippen LogP contribution in [0.3, 0.4) is 0 Å². The van der Waals surface area contributed by atoms with E-state index >= 15 is 0 Å². The molecule has 130 valence electrons. The highest BCUT2D eigenvalue weighted by molar-refractivity contribution is 7.13. The molecular formula is C17H22N2O4S. The van der Waals surface area contributed by atoms with Gasteiger partial charge < -0.3 is 19.9 Å². The smallest absolute Gasteiger partial charge is 0.405 e. The molecule has 0 aliphatic carbocycles. The quantitative estimate of drug-likeness (QED) is 0.709. The molecular weight excluding hydrogens is 328 g/mol. The second kappa shape index (κ2) is 8.12. The highest BCUT2D eigenvalue weighted by atomic mass is 32.1. The van der Waals surface area contributed by atoms with Gasteiger partial charge >= 0.3 is 6.09 Å². The number of ether oxygens (including phenoxy) is 2. The summed E-state index contributed by atoms with van der Waals surface area (Å²) in [6.07, 6.45) is -0.218. The van der Waals surface area contributed by atoms with Gasteiger partial charge in [0.25, 0.3) is 0 Å². The number of hydrogen-bond donors (Lipinski definition) is 2. The number of benzene rings is 1. The van der Waals surface area contributed by atoms with Gasteiger partial charge in [-0.2, -0.15) is 0 Å². The highest BCUT2D eigenvalue weighted by Gasteiger charge is 2.25. The molecule has 7 heteroatoms. The second-order valence-corrected chi connectivity index (χ2v) is 6.67. The molecule has 1 heterocycles.